The minimum absolute atomic E-state index is 0.140. The quantitative estimate of drug-likeness (QED) is 0.532. The molecule has 6 nitrogen and oxygen atoms in total. The van der Waals surface area contributed by atoms with Crippen molar-refractivity contribution in [3.63, 3.8) is 0 Å². The topological polar surface area (TPSA) is 92.3 Å². The largest absolute Gasteiger partial charge is 0.465 e. The third-order valence-electron chi connectivity index (χ3n) is 2.99. The number of nitriles is 1. The smallest absolute Gasteiger partial charge is 0.339 e. The second kappa shape index (κ2) is 7.09. The summed E-state index contributed by atoms with van der Waals surface area (Å²) in [5, 5.41) is 11.7. The van der Waals surface area contributed by atoms with Crippen molar-refractivity contribution in [3.05, 3.63) is 59.1 Å². The van der Waals surface area contributed by atoms with E-state index in [-0.39, 0.29) is 16.8 Å². The fourth-order valence-electron chi connectivity index (χ4n) is 1.89. The Morgan fingerprint density at radius 3 is 2.61 bits per heavy atom. The van der Waals surface area contributed by atoms with Crippen LogP contribution in [-0.2, 0) is 9.53 Å². The Bertz CT molecular complexity index is 812. The molecule has 0 radical (unpaired) electrons. The average molecular weight is 310 g/mol. The highest BCUT2D eigenvalue weighted by atomic mass is 16.5. The molecule has 1 aromatic heterocycles. The van der Waals surface area contributed by atoms with Crippen molar-refractivity contribution in [1.29, 1.82) is 5.26 Å². The van der Waals surface area contributed by atoms with Crippen molar-refractivity contribution >= 4 is 23.6 Å². The van der Waals surface area contributed by atoms with Crippen molar-refractivity contribution in [2.75, 3.05) is 12.4 Å². The van der Waals surface area contributed by atoms with E-state index in [4.69, 9.17) is 9.68 Å². The summed E-state index contributed by atoms with van der Waals surface area (Å²) in [5.74, 6) is -0.150. The van der Waals surface area contributed by atoms with Crippen molar-refractivity contribution in [3.8, 4) is 6.07 Å². The number of methoxy groups -OCH3 is 1. The lowest BCUT2D eigenvalue weighted by Gasteiger charge is -2.08. The molecule has 1 N–H and O–H groups in total. The number of para-hydroxylation sites is 1. The van der Waals surface area contributed by atoms with Gasteiger partial charge in [0, 0.05) is 6.08 Å². The summed E-state index contributed by atoms with van der Waals surface area (Å²) in [7, 11) is 1.25. The number of carbonyl (C=O) groups is 2. The average Bonchev–Trinajstić information content (AvgIpc) is 2.97. The molecule has 2 aromatic rings. The molecule has 0 spiro atoms. The van der Waals surface area contributed by atoms with Crippen molar-refractivity contribution in [1.82, 2.24) is 0 Å². The summed E-state index contributed by atoms with van der Waals surface area (Å²) in [6.07, 6.45) is 1.34. The van der Waals surface area contributed by atoms with Crippen molar-refractivity contribution in [2.24, 2.45) is 0 Å². The highest BCUT2D eigenvalue weighted by Crippen LogP contribution is 2.18. The molecule has 0 aliphatic rings. The van der Waals surface area contributed by atoms with Crippen LogP contribution in [0.25, 0.3) is 6.08 Å². The third kappa shape index (κ3) is 3.86. The standard InChI is InChI=1S/C17H14N2O4/c1-11-7-8-13(23-11)9-12(10-18)16(20)19-15-6-4-3-5-14(15)17(21)22-2/h3-9H,1-2H3,(H,19,20)/b12-9-. The molecule has 1 aromatic carbocycles. The summed E-state index contributed by atoms with van der Waals surface area (Å²) in [6.45, 7) is 1.76. The minimum Gasteiger partial charge on any atom is -0.465 e. The van der Waals surface area contributed by atoms with Crippen LogP contribution >= 0.6 is 0 Å². The van der Waals surface area contributed by atoms with E-state index in [0.717, 1.165) is 0 Å². The van der Waals surface area contributed by atoms with Gasteiger partial charge in [0.1, 0.15) is 23.2 Å². The Balaban J connectivity index is 2.26. The number of nitrogens with one attached hydrogen (secondary N) is 1. The van der Waals surface area contributed by atoms with Gasteiger partial charge < -0.3 is 14.5 Å². The maximum absolute atomic E-state index is 12.2. The van der Waals surface area contributed by atoms with Gasteiger partial charge in [-0.2, -0.15) is 5.26 Å². The summed E-state index contributed by atoms with van der Waals surface area (Å²) in [5.41, 5.74) is 0.328. The predicted octanol–water partition coefficient (Wildman–Crippen LogP) is 2.92. The van der Waals surface area contributed by atoms with Gasteiger partial charge in [-0.1, -0.05) is 12.1 Å². The van der Waals surface area contributed by atoms with Gasteiger partial charge in [-0.05, 0) is 31.2 Å². The minimum atomic E-state index is -0.641. The van der Waals surface area contributed by atoms with E-state index in [1.165, 1.54) is 19.3 Å². The van der Waals surface area contributed by atoms with Crippen molar-refractivity contribution < 1.29 is 18.7 Å². The number of amides is 1. The highest BCUT2D eigenvalue weighted by molar-refractivity contribution is 6.11. The molecule has 0 fully saturated rings. The van der Waals surface area contributed by atoms with Crippen LogP contribution in [0.1, 0.15) is 21.9 Å². The molecule has 0 bridgehead atoms. The van der Waals surface area contributed by atoms with E-state index in [1.54, 1.807) is 37.3 Å². The van der Waals surface area contributed by atoms with Crippen LogP contribution in [0.2, 0.25) is 0 Å². The number of benzene rings is 1. The maximum Gasteiger partial charge on any atom is 0.339 e. The fraction of sp³-hybridized carbons (Fsp3) is 0.118. The van der Waals surface area contributed by atoms with E-state index in [2.05, 4.69) is 10.1 Å². The normalized spacial score (nSPS) is 10.7. The number of hydrogen-bond donors (Lipinski definition) is 1. The fourth-order valence-corrected chi connectivity index (χ4v) is 1.89. The number of esters is 1. The first-order valence-corrected chi connectivity index (χ1v) is 6.72. The first-order chi connectivity index (χ1) is 11.0. The van der Waals surface area contributed by atoms with Crippen LogP contribution < -0.4 is 5.32 Å². The third-order valence-corrected chi connectivity index (χ3v) is 2.99. The number of rotatable bonds is 4. The molecule has 0 aliphatic heterocycles. The number of furan rings is 1. The summed E-state index contributed by atoms with van der Waals surface area (Å²) in [4.78, 5) is 23.9. The molecule has 6 heteroatoms. The lowest BCUT2D eigenvalue weighted by Crippen LogP contribution is -2.16. The molecule has 0 saturated heterocycles. The second-order valence-electron chi connectivity index (χ2n) is 4.61. The van der Waals surface area contributed by atoms with E-state index < -0.39 is 11.9 Å². The summed E-state index contributed by atoms with van der Waals surface area (Å²) >= 11 is 0. The van der Waals surface area contributed by atoms with E-state index >= 15 is 0 Å². The Kier molecular flexibility index (Phi) is 4.95. The molecule has 2 rings (SSSR count). The first kappa shape index (κ1) is 16.0. The number of carbonyl (C=O) groups excluding carboxylic acids is 2. The number of nitrogens with zero attached hydrogens (tertiary/aromatic N) is 1. The molecular weight excluding hydrogens is 296 g/mol. The van der Waals surface area contributed by atoms with Crippen LogP contribution in [0.3, 0.4) is 0 Å². The summed E-state index contributed by atoms with van der Waals surface area (Å²) < 4.78 is 9.97. The van der Waals surface area contributed by atoms with E-state index in [1.807, 2.05) is 6.07 Å². The molecule has 1 amide bonds. The molecule has 0 saturated carbocycles. The van der Waals surface area contributed by atoms with E-state index in [9.17, 15) is 9.59 Å². The molecule has 1 heterocycles. The first-order valence-electron chi connectivity index (χ1n) is 6.72. The number of ether oxygens (including phenoxy) is 1. The zero-order valence-electron chi connectivity index (χ0n) is 12.6. The Morgan fingerprint density at radius 2 is 2.00 bits per heavy atom. The predicted molar refractivity (Wildman–Crippen MR) is 83.4 cm³/mol. The van der Waals surface area contributed by atoms with Gasteiger partial charge in [-0.25, -0.2) is 4.79 Å². The molecule has 0 atom stereocenters. The van der Waals surface area contributed by atoms with Gasteiger partial charge in [-0.3, -0.25) is 4.79 Å². The van der Waals surface area contributed by atoms with Crippen LogP contribution in [-0.4, -0.2) is 19.0 Å². The van der Waals surface area contributed by atoms with Crippen LogP contribution in [0, 0.1) is 18.3 Å². The molecule has 0 unspecified atom stereocenters. The summed E-state index contributed by atoms with van der Waals surface area (Å²) in [6, 6.07) is 11.6. The maximum atomic E-state index is 12.2. The van der Waals surface area contributed by atoms with Gasteiger partial charge in [0.25, 0.3) is 5.91 Å². The second-order valence-corrected chi connectivity index (χ2v) is 4.61. The number of hydrogen-bond acceptors (Lipinski definition) is 5. The molecular formula is C17H14N2O4. The van der Waals surface area contributed by atoms with Gasteiger partial charge >= 0.3 is 5.97 Å². The van der Waals surface area contributed by atoms with Crippen LogP contribution in [0.4, 0.5) is 5.69 Å². The molecule has 23 heavy (non-hydrogen) atoms. The SMILES string of the molecule is COC(=O)c1ccccc1NC(=O)/C(C#N)=C\c1ccc(C)o1. The number of aryl methyl sites for hydroxylation is 1. The van der Waals surface area contributed by atoms with Crippen LogP contribution in [0.5, 0.6) is 0 Å². The monoisotopic (exact) mass is 310 g/mol. The Labute approximate surface area is 133 Å². The van der Waals surface area contributed by atoms with Gasteiger partial charge in [0.15, 0.2) is 0 Å². The van der Waals surface area contributed by atoms with Gasteiger partial charge in [0.05, 0.1) is 18.4 Å². The lowest BCUT2D eigenvalue weighted by atomic mass is 10.1. The van der Waals surface area contributed by atoms with Gasteiger partial charge in [0.2, 0.25) is 0 Å². The number of anilines is 1. The zero-order chi connectivity index (χ0) is 16.8. The van der Waals surface area contributed by atoms with Crippen molar-refractivity contribution in [2.45, 2.75) is 6.92 Å². The van der Waals surface area contributed by atoms with Gasteiger partial charge in [-0.15, -0.1) is 0 Å². The van der Waals surface area contributed by atoms with E-state index in [0.29, 0.717) is 11.5 Å². The molecule has 116 valence electrons. The lowest BCUT2D eigenvalue weighted by molar-refractivity contribution is -0.112. The Hall–Kier alpha value is -3.33. The van der Waals surface area contributed by atoms with Crippen LogP contribution in [0.15, 0.2) is 46.4 Å². The zero-order valence-corrected chi connectivity index (χ0v) is 12.6. The highest BCUT2D eigenvalue weighted by Gasteiger charge is 2.16. The Morgan fingerprint density at radius 1 is 1.26 bits per heavy atom. The molecule has 0 aliphatic carbocycles.